The largest absolute Gasteiger partial charge is 0.335 e. The first-order valence-electron chi connectivity index (χ1n) is 7.28. The minimum atomic E-state index is -3.13. The molecule has 2 heterocycles. The third-order valence-electron chi connectivity index (χ3n) is 3.81. The maximum atomic E-state index is 12.0. The second-order valence-electron chi connectivity index (χ2n) is 5.56. The topological polar surface area (TPSA) is 91.4 Å². The van der Waals surface area contributed by atoms with Crippen molar-refractivity contribution in [2.75, 3.05) is 19.3 Å². The highest BCUT2D eigenvalue weighted by Gasteiger charge is 2.25. The van der Waals surface area contributed by atoms with Crippen molar-refractivity contribution in [3.63, 3.8) is 0 Å². The molecule has 2 rings (SSSR count). The molecule has 7 nitrogen and oxygen atoms in total. The Morgan fingerprint density at radius 2 is 1.91 bits per heavy atom. The van der Waals surface area contributed by atoms with Crippen LogP contribution in [0.1, 0.15) is 31.4 Å². The highest BCUT2D eigenvalue weighted by molar-refractivity contribution is 7.88. The van der Waals surface area contributed by atoms with Crippen LogP contribution >= 0.6 is 0 Å². The fourth-order valence-corrected chi connectivity index (χ4v) is 3.37. The summed E-state index contributed by atoms with van der Waals surface area (Å²) >= 11 is 0. The lowest BCUT2D eigenvalue weighted by atomic mass is 10.1. The van der Waals surface area contributed by atoms with Crippen molar-refractivity contribution in [3.05, 3.63) is 30.1 Å². The Morgan fingerprint density at radius 3 is 2.45 bits per heavy atom. The molecule has 0 radical (unpaired) electrons. The van der Waals surface area contributed by atoms with E-state index < -0.39 is 10.0 Å². The number of rotatable bonds is 4. The average molecular weight is 326 g/mol. The van der Waals surface area contributed by atoms with Gasteiger partial charge in [-0.25, -0.2) is 17.5 Å². The van der Waals surface area contributed by atoms with E-state index in [0.717, 1.165) is 5.56 Å². The molecule has 1 atom stereocenters. The molecule has 0 unspecified atom stereocenters. The first kappa shape index (κ1) is 16.7. The molecular weight excluding hydrogens is 304 g/mol. The third kappa shape index (κ3) is 4.67. The van der Waals surface area contributed by atoms with Gasteiger partial charge in [0.05, 0.1) is 12.3 Å². The Balaban J connectivity index is 1.79. The molecule has 1 aromatic heterocycles. The number of aromatic nitrogens is 1. The standard InChI is InChI=1S/C14H22N4O3S/c1-11(12-3-7-15-8-4-12)16-14(19)17-13-5-9-18(10-6-13)22(2,20)21/h3-4,7-8,11,13H,5-6,9-10H2,1-2H3,(H2,16,17,19)/t11-/m1/s1. The molecule has 0 bridgehead atoms. The van der Waals surface area contributed by atoms with Gasteiger partial charge in [0, 0.05) is 31.5 Å². The van der Waals surface area contributed by atoms with Gasteiger partial charge in [-0.1, -0.05) is 0 Å². The minimum Gasteiger partial charge on any atom is -0.335 e. The van der Waals surface area contributed by atoms with Gasteiger partial charge in [0.25, 0.3) is 0 Å². The number of nitrogens with one attached hydrogen (secondary N) is 2. The maximum Gasteiger partial charge on any atom is 0.315 e. The summed E-state index contributed by atoms with van der Waals surface area (Å²) in [5, 5.41) is 5.78. The van der Waals surface area contributed by atoms with Crippen LogP contribution in [-0.4, -0.2) is 49.1 Å². The Morgan fingerprint density at radius 1 is 1.32 bits per heavy atom. The number of piperidine rings is 1. The molecule has 0 aliphatic carbocycles. The zero-order valence-corrected chi connectivity index (χ0v) is 13.6. The van der Waals surface area contributed by atoms with Crippen molar-refractivity contribution in [1.29, 1.82) is 0 Å². The van der Waals surface area contributed by atoms with Crippen molar-refractivity contribution < 1.29 is 13.2 Å². The van der Waals surface area contributed by atoms with Crippen molar-refractivity contribution in [3.8, 4) is 0 Å². The average Bonchev–Trinajstić information content (AvgIpc) is 2.47. The van der Waals surface area contributed by atoms with Crippen LogP contribution in [0.4, 0.5) is 4.79 Å². The lowest BCUT2D eigenvalue weighted by Gasteiger charge is -2.31. The van der Waals surface area contributed by atoms with Gasteiger partial charge in [-0.2, -0.15) is 0 Å². The predicted molar refractivity (Wildman–Crippen MR) is 83.8 cm³/mol. The number of pyridine rings is 1. The van der Waals surface area contributed by atoms with Gasteiger partial charge in [0.2, 0.25) is 10.0 Å². The van der Waals surface area contributed by atoms with Crippen LogP contribution in [0.5, 0.6) is 0 Å². The summed E-state index contributed by atoms with van der Waals surface area (Å²) in [5.41, 5.74) is 0.983. The number of urea groups is 1. The molecule has 122 valence electrons. The van der Waals surface area contributed by atoms with E-state index in [9.17, 15) is 13.2 Å². The molecule has 0 aromatic carbocycles. The summed E-state index contributed by atoms with van der Waals surface area (Å²) in [6.07, 6.45) is 5.84. The van der Waals surface area contributed by atoms with E-state index in [0.29, 0.717) is 25.9 Å². The number of amides is 2. The molecule has 0 spiro atoms. The molecule has 2 N–H and O–H groups in total. The fourth-order valence-electron chi connectivity index (χ4n) is 2.49. The zero-order valence-electron chi connectivity index (χ0n) is 12.8. The Kier molecular flexibility index (Phi) is 5.36. The maximum absolute atomic E-state index is 12.0. The molecule has 1 aromatic rings. The van der Waals surface area contributed by atoms with Crippen molar-refractivity contribution in [1.82, 2.24) is 19.9 Å². The molecule has 2 amide bonds. The van der Waals surface area contributed by atoms with E-state index in [1.807, 2.05) is 19.1 Å². The summed E-state index contributed by atoms with van der Waals surface area (Å²) in [4.78, 5) is 15.9. The Bertz CT molecular complexity index is 598. The highest BCUT2D eigenvalue weighted by atomic mass is 32.2. The summed E-state index contributed by atoms with van der Waals surface area (Å²) in [6, 6.07) is 3.37. The number of hydrogen-bond donors (Lipinski definition) is 2. The lowest BCUT2D eigenvalue weighted by molar-refractivity contribution is 0.225. The van der Waals surface area contributed by atoms with Gasteiger partial charge in [-0.3, -0.25) is 4.98 Å². The SMILES string of the molecule is C[C@@H](NC(=O)NC1CCN(S(C)(=O)=O)CC1)c1ccncc1. The van der Waals surface area contributed by atoms with Gasteiger partial charge in [0.1, 0.15) is 0 Å². The van der Waals surface area contributed by atoms with Gasteiger partial charge in [-0.15, -0.1) is 0 Å². The van der Waals surface area contributed by atoms with E-state index >= 15 is 0 Å². The monoisotopic (exact) mass is 326 g/mol. The number of carbonyl (C=O) groups excluding carboxylic acids is 1. The van der Waals surface area contributed by atoms with E-state index in [2.05, 4.69) is 15.6 Å². The van der Waals surface area contributed by atoms with Gasteiger partial charge < -0.3 is 10.6 Å². The molecular formula is C14H22N4O3S. The van der Waals surface area contributed by atoms with E-state index in [1.165, 1.54) is 10.6 Å². The van der Waals surface area contributed by atoms with Gasteiger partial charge >= 0.3 is 6.03 Å². The van der Waals surface area contributed by atoms with Crippen LogP contribution in [0.3, 0.4) is 0 Å². The van der Waals surface area contributed by atoms with Crippen LogP contribution < -0.4 is 10.6 Å². The molecule has 1 fully saturated rings. The van der Waals surface area contributed by atoms with E-state index in [-0.39, 0.29) is 18.1 Å². The molecule has 22 heavy (non-hydrogen) atoms. The van der Waals surface area contributed by atoms with Crippen molar-refractivity contribution in [2.24, 2.45) is 0 Å². The number of hydrogen-bond acceptors (Lipinski definition) is 4. The smallest absolute Gasteiger partial charge is 0.315 e. The second kappa shape index (κ2) is 7.06. The Labute approximate surface area is 131 Å². The molecule has 1 aliphatic heterocycles. The highest BCUT2D eigenvalue weighted by Crippen LogP contribution is 2.14. The molecule has 0 saturated carbocycles. The van der Waals surface area contributed by atoms with E-state index in [4.69, 9.17) is 0 Å². The summed E-state index contributed by atoms with van der Waals surface area (Å²) in [5.74, 6) is 0. The lowest BCUT2D eigenvalue weighted by Crippen LogP contribution is -2.49. The summed E-state index contributed by atoms with van der Waals surface area (Å²) < 4.78 is 24.3. The van der Waals surface area contributed by atoms with Crippen LogP contribution in [0.25, 0.3) is 0 Å². The van der Waals surface area contributed by atoms with E-state index in [1.54, 1.807) is 12.4 Å². The molecule has 8 heteroatoms. The zero-order chi connectivity index (χ0) is 16.2. The second-order valence-corrected chi connectivity index (χ2v) is 7.54. The normalized spacial score (nSPS) is 18.6. The number of carbonyl (C=O) groups is 1. The molecule has 1 aliphatic rings. The minimum absolute atomic E-state index is 0.00244. The Hall–Kier alpha value is -1.67. The van der Waals surface area contributed by atoms with Crippen LogP contribution in [0.15, 0.2) is 24.5 Å². The summed E-state index contributed by atoms with van der Waals surface area (Å²) in [7, 11) is -3.13. The van der Waals surface area contributed by atoms with Gasteiger partial charge in [0.15, 0.2) is 0 Å². The van der Waals surface area contributed by atoms with Crippen molar-refractivity contribution in [2.45, 2.75) is 31.8 Å². The summed E-state index contributed by atoms with van der Waals surface area (Å²) in [6.45, 7) is 2.80. The van der Waals surface area contributed by atoms with Crippen LogP contribution in [0.2, 0.25) is 0 Å². The van der Waals surface area contributed by atoms with Gasteiger partial charge in [-0.05, 0) is 37.5 Å². The van der Waals surface area contributed by atoms with Crippen LogP contribution in [-0.2, 0) is 10.0 Å². The predicted octanol–water partition coefficient (Wildman–Crippen LogP) is 0.866. The quantitative estimate of drug-likeness (QED) is 0.859. The molecule has 1 saturated heterocycles. The third-order valence-corrected chi connectivity index (χ3v) is 5.12. The number of sulfonamides is 1. The first-order valence-corrected chi connectivity index (χ1v) is 9.13. The van der Waals surface area contributed by atoms with Crippen molar-refractivity contribution >= 4 is 16.1 Å². The first-order chi connectivity index (χ1) is 10.4. The number of nitrogens with zero attached hydrogens (tertiary/aromatic N) is 2. The fraction of sp³-hybridized carbons (Fsp3) is 0.571. The van der Waals surface area contributed by atoms with Crippen LogP contribution in [0, 0.1) is 0 Å².